The lowest BCUT2D eigenvalue weighted by atomic mass is 10.3. The number of hydrogen-bond acceptors (Lipinski definition) is 3. The first-order valence-corrected chi connectivity index (χ1v) is 4.63. The molecular formula is C6H13NOS. The van der Waals surface area contributed by atoms with Crippen LogP contribution in [0, 0.1) is 0 Å². The van der Waals surface area contributed by atoms with Crippen LogP contribution in [0.5, 0.6) is 0 Å². The van der Waals surface area contributed by atoms with Crippen molar-refractivity contribution in [1.82, 2.24) is 5.32 Å². The van der Waals surface area contributed by atoms with E-state index in [1.165, 1.54) is 6.42 Å². The van der Waals surface area contributed by atoms with Crippen molar-refractivity contribution in [1.29, 1.82) is 0 Å². The maximum Gasteiger partial charge on any atom is 0.0620 e. The minimum absolute atomic E-state index is 0.623. The molecule has 54 valence electrons. The number of thioether (sulfide) groups is 1. The maximum atomic E-state index is 5.18. The van der Waals surface area contributed by atoms with Crippen LogP contribution in [0.2, 0.25) is 0 Å². The Bertz CT molecular complexity index is 73.5. The summed E-state index contributed by atoms with van der Waals surface area (Å²) in [6, 6.07) is 0.623. The third-order valence-corrected chi connectivity index (χ3v) is 1.90. The molecule has 0 radical (unpaired) electrons. The summed E-state index contributed by atoms with van der Waals surface area (Å²) in [6.45, 7) is 1.84. The highest BCUT2D eigenvalue weighted by Crippen LogP contribution is 2.03. The van der Waals surface area contributed by atoms with Crippen molar-refractivity contribution < 1.29 is 4.74 Å². The maximum absolute atomic E-state index is 5.18. The van der Waals surface area contributed by atoms with Crippen LogP contribution < -0.4 is 5.32 Å². The molecule has 0 aliphatic carbocycles. The van der Waals surface area contributed by atoms with E-state index in [1.807, 2.05) is 11.8 Å². The molecule has 1 heterocycles. The molecule has 1 rings (SSSR count). The highest BCUT2D eigenvalue weighted by Gasteiger charge is 2.13. The summed E-state index contributed by atoms with van der Waals surface area (Å²) < 4.78 is 5.18. The summed E-state index contributed by atoms with van der Waals surface area (Å²) in [4.78, 5) is 0. The fourth-order valence-electron chi connectivity index (χ4n) is 0.897. The quantitative estimate of drug-likeness (QED) is 0.593. The zero-order valence-corrected chi connectivity index (χ0v) is 6.54. The molecule has 3 heteroatoms. The summed E-state index contributed by atoms with van der Waals surface area (Å²) in [5.41, 5.74) is 0. The molecule has 0 unspecified atom stereocenters. The van der Waals surface area contributed by atoms with Gasteiger partial charge in [-0.3, -0.25) is 0 Å². The Morgan fingerprint density at radius 3 is 3.22 bits per heavy atom. The lowest BCUT2D eigenvalue weighted by molar-refractivity contribution is 0.191. The Balaban J connectivity index is 1.98. The third-order valence-electron chi connectivity index (χ3n) is 1.45. The third kappa shape index (κ3) is 2.56. The molecular weight excluding hydrogens is 134 g/mol. The Hall–Kier alpha value is 0.270. The molecule has 1 fully saturated rings. The molecule has 1 aliphatic heterocycles. The highest BCUT2D eigenvalue weighted by molar-refractivity contribution is 7.98. The second kappa shape index (κ2) is 4.14. The van der Waals surface area contributed by atoms with Crippen LogP contribution in [-0.2, 0) is 4.74 Å². The van der Waals surface area contributed by atoms with Gasteiger partial charge in [-0.1, -0.05) is 0 Å². The molecule has 0 saturated carbocycles. The van der Waals surface area contributed by atoms with E-state index in [2.05, 4.69) is 11.6 Å². The van der Waals surface area contributed by atoms with Crippen molar-refractivity contribution in [3.8, 4) is 0 Å². The van der Waals surface area contributed by atoms with E-state index < -0.39 is 0 Å². The van der Waals surface area contributed by atoms with Gasteiger partial charge in [0.1, 0.15) is 0 Å². The van der Waals surface area contributed by atoms with Crippen LogP contribution in [0.4, 0.5) is 0 Å². The molecule has 1 aliphatic rings. The Morgan fingerprint density at radius 2 is 2.67 bits per heavy atom. The van der Waals surface area contributed by atoms with Gasteiger partial charge in [0.05, 0.1) is 6.61 Å². The summed E-state index contributed by atoms with van der Waals surface area (Å²) >= 11 is 1.82. The van der Waals surface area contributed by atoms with Crippen molar-refractivity contribution in [2.24, 2.45) is 0 Å². The van der Waals surface area contributed by atoms with Gasteiger partial charge in [-0.25, -0.2) is 0 Å². The second-order valence-corrected chi connectivity index (χ2v) is 3.06. The molecule has 9 heavy (non-hydrogen) atoms. The van der Waals surface area contributed by atoms with Crippen molar-refractivity contribution in [3.63, 3.8) is 0 Å². The van der Waals surface area contributed by atoms with Gasteiger partial charge in [0.15, 0.2) is 0 Å². The molecule has 1 N–H and O–H groups in total. The highest BCUT2D eigenvalue weighted by atomic mass is 32.2. The van der Waals surface area contributed by atoms with Crippen LogP contribution in [0.1, 0.15) is 6.42 Å². The standard InChI is InChI=1S/C6H13NOS/c1-9-5-7-6-2-3-8-4-6/h6-7H,2-5H2,1H3/t6-/m1/s1. The van der Waals surface area contributed by atoms with Gasteiger partial charge in [-0.05, 0) is 12.7 Å². The number of hydrogen-bond donors (Lipinski definition) is 1. The fraction of sp³-hybridized carbons (Fsp3) is 1.00. The second-order valence-electron chi connectivity index (χ2n) is 2.20. The summed E-state index contributed by atoms with van der Waals surface area (Å²) in [7, 11) is 0. The SMILES string of the molecule is CSCN[C@@H]1CCOC1. The Labute approximate surface area is 60.3 Å². The Morgan fingerprint density at radius 1 is 1.78 bits per heavy atom. The van der Waals surface area contributed by atoms with Gasteiger partial charge < -0.3 is 10.1 Å². The molecule has 1 atom stereocenters. The van der Waals surface area contributed by atoms with Crippen molar-refractivity contribution in [2.75, 3.05) is 25.3 Å². The van der Waals surface area contributed by atoms with E-state index in [4.69, 9.17) is 4.74 Å². The van der Waals surface area contributed by atoms with Crippen molar-refractivity contribution >= 4 is 11.8 Å². The molecule has 0 aromatic heterocycles. The van der Waals surface area contributed by atoms with Crippen molar-refractivity contribution in [2.45, 2.75) is 12.5 Å². The predicted octanol–water partition coefficient (Wildman–Crippen LogP) is 0.685. The first-order valence-electron chi connectivity index (χ1n) is 3.23. The molecule has 0 aromatic rings. The molecule has 0 amide bonds. The summed E-state index contributed by atoms with van der Waals surface area (Å²) in [6.07, 6.45) is 3.28. The number of rotatable bonds is 3. The van der Waals surface area contributed by atoms with E-state index in [1.54, 1.807) is 0 Å². The Kier molecular flexibility index (Phi) is 3.40. The zero-order valence-electron chi connectivity index (χ0n) is 5.72. The van der Waals surface area contributed by atoms with Gasteiger partial charge in [-0.2, -0.15) is 0 Å². The minimum Gasteiger partial charge on any atom is -0.380 e. The van der Waals surface area contributed by atoms with E-state index in [-0.39, 0.29) is 0 Å². The number of nitrogens with one attached hydrogen (secondary N) is 1. The molecule has 0 bridgehead atoms. The summed E-state index contributed by atoms with van der Waals surface area (Å²) in [5, 5.41) is 3.37. The average molecular weight is 147 g/mol. The van der Waals surface area contributed by atoms with Crippen LogP contribution in [0.15, 0.2) is 0 Å². The first kappa shape index (κ1) is 7.38. The van der Waals surface area contributed by atoms with Crippen LogP contribution in [-0.4, -0.2) is 31.4 Å². The lowest BCUT2D eigenvalue weighted by Gasteiger charge is -2.07. The lowest BCUT2D eigenvalue weighted by Crippen LogP contribution is -2.28. The predicted molar refractivity (Wildman–Crippen MR) is 40.7 cm³/mol. The largest absolute Gasteiger partial charge is 0.380 e. The van der Waals surface area contributed by atoms with E-state index in [9.17, 15) is 0 Å². The van der Waals surface area contributed by atoms with Gasteiger partial charge in [-0.15, -0.1) is 11.8 Å². The summed E-state index contributed by atoms with van der Waals surface area (Å²) in [5.74, 6) is 1.05. The van der Waals surface area contributed by atoms with Crippen molar-refractivity contribution in [3.05, 3.63) is 0 Å². The van der Waals surface area contributed by atoms with E-state index >= 15 is 0 Å². The molecule has 0 spiro atoms. The minimum atomic E-state index is 0.623. The molecule has 2 nitrogen and oxygen atoms in total. The van der Waals surface area contributed by atoms with Gasteiger partial charge in [0.2, 0.25) is 0 Å². The van der Waals surface area contributed by atoms with E-state index in [0.29, 0.717) is 6.04 Å². The van der Waals surface area contributed by atoms with Crippen LogP contribution in [0.25, 0.3) is 0 Å². The van der Waals surface area contributed by atoms with Gasteiger partial charge >= 0.3 is 0 Å². The molecule has 0 aromatic carbocycles. The molecule has 1 saturated heterocycles. The van der Waals surface area contributed by atoms with Gasteiger partial charge in [0.25, 0.3) is 0 Å². The zero-order chi connectivity index (χ0) is 6.53. The van der Waals surface area contributed by atoms with Crippen LogP contribution in [0.3, 0.4) is 0 Å². The van der Waals surface area contributed by atoms with E-state index in [0.717, 1.165) is 19.1 Å². The van der Waals surface area contributed by atoms with Gasteiger partial charge in [0, 0.05) is 18.5 Å². The smallest absolute Gasteiger partial charge is 0.0620 e. The number of ether oxygens (including phenoxy) is 1. The topological polar surface area (TPSA) is 21.3 Å². The average Bonchev–Trinajstić information content (AvgIpc) is 2.34. The monoisotopic (exact) mass is 147 g/mol. The normalized spacial score (nSPS) is 27.0. The van der Waals surface area contributed by atoms with Crippen LogP contribution >= 0.6 is 11.8 Å². The first-order chi connectivity index (χ1) is 4.43. The fourth-order valence-corrected chi connectivity index (χ4v) is 1.30.